The van der Waals surface area contributed by atoms with E-state index < -0.39 is 0 Å². The van der Waals surface area contributed by atoms with Crippen molar-refractivity contribution in [2.24, 2.45) is 0 Å². The number of halogens is 1. The van der Waals surface area contributed by atoms with Gasteiger partial charge in [0.15, 0.2) is 11.5 Å². The Morgan fingerprint density at radius 1 is 1.17 bits per heavy atom. The molecule has 0 bridgehead atoms. The summed E-state index contributed by atoms with van der Waals surface area (Å²) in [7, 11) is 1.67. The van der Waals surface area contributed by atoms with Crippen LogP contribution in [0.5, 0.6) is 11.5 Å². The smallest absolute Gasteiger partial charge is 0.161 e. The summed E-state index contributed by atoms with van der Waals surface area (Å²) in [5, 5.41) is 3.41. The van der Waals surface area contributed by atoms with E-state index in [9.17, 15) is 0 Å². The van der Waals surface area contributed by atoms with E-state index in [0.717, 1.165) is 24.6 Å². The van der Waals surface area contributed by atoms with Gasteiger partial charge in [-0.25, -0.2) is 0 Å². The minimum absolute atomic E-state index is 0. The van der Waals surface area contributed by atoms with E-state index in [-0.39, 0.29) is 12.4 Å². The van der Waals surface area contributed by atoms with Gasteiger partial charge >= 0.3 is 0 Å². The quantitative estimate of drug-likeness (QED) is 0.675. The fraction of sp³-hybridized carbons (Fsp3) is 0.571. The van der Waals surface area contributed by atoms with Crippen LogP contribution in [-0.2, 0) is 6.54 Å². The van der Waals surface area contributed by atoms with Crippen molar-refractivity contribution in [2.45, 2.75) is 33.2 Å². The van der Waals surface area contributed by atoms with Crippen LogP contribution in [0.1, 0.15) is 32.3 Å². The summed E-state index contributed by atoms with van der Waals surface area (Å²) in [4.78, 5) is 0. The zero-order valence-electron chi connectivity index (χ0n) is 11.5. The van der Waals surface area contributed by atoms with Gasteiger partial charge in [0.05, 0.1) is 13.7 Å². The fourth-order valence-electron chi connectivity index (χ4n) is 1.63. The predicted octanol–water partition coefficient (Wildman–Crippen LogP) is -0.0124. The van der Waals surface area contributed by atoms with Crippen molar-refractivity contribution >= 4 is 0 Å². The first-order valence-corrected chi connectivity index (χ1v) is 6.32. The molecule has 0 heterocycles. The van der Waals surface area contributed by atoms with Crippen LogP contribution in [0.25, 0.3) is 0 Å². The Bertz CT molecular complexity index is 332. The van der Waals surface area contributed by atoms with Crippen molar-refractivity contribution in [3.63, 3.8) is 0 Å². The van der Waals surface area contributed by atoms with Gasteiger partial charge in [0.25, 0.3) is 0 Å². The van der Waals surface area contributed by atoms with E-state index >= 15 is 0 Å². The van der Waals surface area contributed by atoms with Crippen LogP contribution in [-0.4, -0.2) is 20.3 Å². The Morgan fingerprint density at radius 2 is 1.94 bits per heavy atom. The van der Waals surface area contributed by atoms with Gasteiger partial charge < -0.3 is 27.2 Å². The Morgan fingerprint density at radius 3 is 2.56 bits per heavy atom. The molecular weight excluding hydrogens is 250 g/mol. The van der Waals surface area contributed by atoms with Crippen LogP contribution < -0.4 is 27.2 Å². The molecular formula is C14H23ClNO2-. The Balaban J connectivity index is 0.00000289. The molecule has 0 saturated heterocycles. The second-order valence-electron chi connectivity index (χ2n) is 3.95. The number of ether oxygens (including phenoxy) is 2. The molecule has 0 spiro atoms. The summed E-state index contributed by atoms with van der Waals surface area (Å²) in [5.41, 5.74) is 1.22. The highest BCUT2D eigenvalue weighted by atomic mass is 35.5. The average Bonchev–Trinajstić information content (AvgIpc) is 2.36. The molecule has 18 heavy (non-hydrogen) atoms. The maximum Gasteiger partial charge on any atom is 0.161 e. The molecule has 104 valence electrons. The third-order valence-corrected chi connectivity index (χ3v) is 2.56. The van der Waals surface area contributed by atoms with Gasteiger partial charge in [0, 0.05) is 6.54 Å². The van der Waals surface area contributed by atoms with E-state index in [2.05, 4.69) is 18.3 Å². The topological polar surface area (TPSA) is 30.5 Å². The third-order valence-electron chi connectivity index (χ3n) is 2.56. The van der Waals surface area contributed by atoms with Crippen LogP contribution in [0.2, 0.25) is 0 Å². The highest BCUT2D eigenvalue weighted by molar-refractivity contribution is 5.42. The molecule has 1 aromatic carbocycles. The van der Waals surface area contributed by atoms with E-state index in [1.165, 1.54) is 18.4 Å². The largest absolute Gasteiger partial charge is 1.00 e. The molecule has 0 radical (unpaired) electrons. The number of hydrogen-bond acceptors (Lipinski definition) is 3. The highest BCUT2D eigenvalue weighted by Crippen LogP contribution is 2.27. The van der Waals surface area contributed by atoms with Gasteiger partial charge in [0.1, 0.15) is 0 Å². The van der Waals surface area contributed by atoms with Crippen LogP contribution >= 0.6 is 0 Å². The zero-order chi connectivity index (χ0) is 12.5. The molecule has 0 atom stereocenters. The van der Waals surface area contributed by atoms with E-state index in [0.29, 0.717) is 6.61 Å². The molecule has 1 rings (SSSR count). The maximum absolute atomic E-state index is 5.48. The summed E-state index contributed by atoms with van der Waals surface area (Å²) in [6.07, 6.45) is 2.44. The van der Waals surface area contributed by atoms with Gasteiger partial charge in [-0.05, 0) is 37.6 Å². The standard InChI is InChI=1S/C14H23NO2.ClH/c1-4-6-9-15-11-12-7-8-13(17-5-2)14(10-12)16-3;/h7-8,10,15H,4-6,9,11H2,1-3H3;1H/p-1. The van der Waals surface area contributed by atoms with Crippen molar-refractivity contribution in [1.82, 2.24) is 5.32 Å². The zero-order valence-corrected chi connectivity index (χ0v) is 12.2. The minimum atomic E-state index is 0. The third kappa shape index (κ3) is 5.61. The fourth-order valence-corrected chi connectivity index (χ4v) is 1.63. The summed E-state index contributed by atoms with van der Waals surface area (Å²) in [5.74, 6) is 1.62. The van der Waals surface area contributed by atoms with Crippen molar-refractivity contribution in [1.29, 1.82) is 0 Å². The Labute approximate surface area is 116 Å². The second-order valence-corrected chi connectivity index (χ2v) is 3.95. The second kappa shape index (κ2) is 10.0. The summed E-state index contributed by atoms with van der Waals surface area (Å²) < 4.78 is 10.8. The molecule has 0 aliphatic carbocycles. The first-order chi connectivity index (χ1) is 8.31. The summed E-state index contributed by atoms with van der Waals surface area (Å²) >= 11 is 0. The van der Waals surface area contributed by atoms with Crippen LogP contribution in [0.4, 0.5) is 0 Å². The van der Waals surface area contributed by atoms with Crippen LogP contribution in [0.15, 0.2) is 18.2 Å². The lowest BCUT2D eigenvalue weighted by atomic mass is 10.2. The number of methoxy groups -OCH3 is 1. The Hall–Kier alpha value is -0.930. The number of benzene rings is 1. The maximum atomic E-state index is 5.48. The first-order valence-electron chi connectivity index (χ1n) is 6.32. The van der Waals surface area contributed by atoms with Crippen LogP contribution in [0, 0.1) is 0 Å². The molecule has 1 N–H and O–H groups in total. The van der Waals surface area contributed by atoms with Gasteiger partial charge in [-0.2, -0.15) is 0 Å². The number of hydrogen-bond donors (Lipinski definition) is 1. The predicted molar refractivity (Wildman–Crippen MR) is 70.8 cm³/mol. The van der Waals surface area contributed by atoms with Crippen molar-refractivity contribution < 1.29 is 21.9 Å². The van der Waals surface area contributed by atoms with E-state index in [1.54, 1.807) is 7.11 Å². The average molecular weight is 273 g/mol. The monoisotopic (exact) mass is 272 g/mol. The number of rotatable bonds is 8. The molecule has 0 aliphatic rings. The molecule has 0 aliphatic heterocycles. The molecule has 4 heteroatoms. The number of nitrogens with one attached hydrogen (secondary N) is 1. The van der Waals surface area contributed by atoms with E-state index in [1.807, 2.05) is 19.1 Å². The molecule has 0 aromatic heterocycles. The van der Waals surface area contributed by atoms with Crippen molar-refractivity contribution in [2.75, 3.05) is 20.3 Å². The molecule has 1 aromatic rings. The lowest BCUT2D eigenvalue weighted by molar-refractivity contribution is -0.00000443. The van der Waals surface area contributed by atoms with Gasteiger partial charge in [0.2, 0.25) is 0 Å². The van der Waals surface area contributed by atoms with Gasteiger partial charge in [-0.1, -0.05) is 19.4 Å². The normalized spacial score (nSPS) is 9.72. The lowest BCUT2D eigenvalue weighted by Crippen LogP contribution is -3.00. The molecule has 3 nitrogen and oxygen atoms in total. The summed E-state index contributed by atoms with van der Waals surface area (Å²) in [6.45, 7) is 6.76. The lowest BCUT2D eigenvalue weighted by Gasteiger charge is -2.11. The molecule has 0 unspecified atom stereocenters. The van der Waals surface area contributed by atoms with Crippen molar-refractivity contribution in [3.05, 3.63) is 23.8 Å². The molecule has 0 amide bonds. The summed E-state index contributed by atoms with van der Waals surface area (Å²) in [6, 6.07) is 6.08. The van der Waals surface area contributed by atoms with Crippen LogP contribution in [0.3, 0.4) is 0 Å². The highest BCUT2D eigenvalue weighted by Gasteiger charge is 2.04. The molecule has 0 fully saturated rings. The van der Waals surface area contributed by atoms with Crippen molar-refractivity contribution in [3.8, 4) is 11.5 Å². The van der Waals surface area contributed by atoms with E-state index in [4.69, 9.17) is 9.47 Å². The first kappa shape index (κ1) is 17.1. The van der Waals surface area contributed by atoms with Gasteiger partial charge in [-0.3, -0.25) is 0 Å². The number of unbranched alkanes of at least 4 members (excludes halogenated alkanes) is 1. The molecule has 0 saturated carbocycles. The van der Waals surface area contributed by atoms with Gasteiger partial charge in [-0.15, -0.1) is 0 Å². The SMILES string of the molecule is CCCCNCc1ccc(OCC)c(OC)c1.[Cl-]. The minimum Gasteiger partial charge on any atom is -1.00 e. The Kier molecular flexibility index (Phi) is 9.52.